The van der Waals surface area contributed by atoms with E-state index in [2.05, 4.69) is 46.7 Å². The standard InChI is InChI=1S/C23H24FN5OSi/c1-29-20(30)23(28-22(29)25,17-8-10-19(11-9-17)31(2,3)4)18-7-5-6-15(12-18)16-13-26-21(24)27-14-16/h5-14H,1-4H3,(H2,25,28). The Morgan fingerprint density at radius 1 is 0.968 bits per heavy atom. The van der Waals surface area contributed by atoms with Crippen molar-refractivity contribution in [2.24, 2.45) is 10.7 Å². The first-order valence-electron chi connectivity index (χ1n) is 9.96. The largest absolute Gasteiger partial charge is 0.369 e. The summed E-state index contributed by atoms with van der Waals surface area (Å²) in [6.45, 7) is 6.82. The average molecular weight is 434 g/mol. The van der Waals surface area contributed by atoms with Crippen molar-refractivity contribution in [3.8, 4) is 11.1 Å². The van der Waals surface area contributed by atoms with Gasteiger partial charge in [0.05, 0.1) is 8.07 Å². The van der Waals surface area contributed by atoms with Gasteiger partial charge in [0, 0.05) is 25.0 Å². The number of benzene rings is 2. The molecule has 4 rings (SSSR count). The van der Waals surface area contributed by atoms with Gasteiger partial charge in [0.25, 0.3) is 5.91 Å². The molecule has 2 N–H and O–H groups in total. The van der Waals surface area contributed by atoms with E-state index in [-0.39, 0.29) is 11.9 Å². The number of likely N-dealkylation sites (N-methyl/N-ethyl adjacent to an activating group) is 1. The summed E-state index contributed by atoms with van der Waals surface area (Å²) in [6.07, 6.45) is 2.04. The highest BCUT2D eigenvalue weighted by Crippen LogP contribution is 2.40. The van der Waals surface area contributed by atoms with Crippen LogP contribution >= 0.6 is 0 Å². The molecule has 2 aromatic carbocycles. The Morgan fingerprint density at radius 3 is 2.16 bits per heavy atom. The van der Waals surface area contributed by atoms with E-state index in [4.69, 9.17) is 5.73 Å². The molecule has 0 saturated carbocycles. The zero-order chi connectivity index (χ0) is 22.4. The number of nitrogens with two attached hydrogens (primary N) is 1. The summed E-state index contributed by atoms with van der Waals surface area (Å²) < 4.78 is 13.2. The fourth-order valence-electron chi connectivity index (χ4n) is 3.78. The molecular weight excluding hydrogens is 409 g/mol. The lowest BCUT2D eigenvalue weighted by Crippen LogP contribution is -2.42. The van der Waals surface area contributed by atoms with Crippen LogP contribution in [0.1, 0.15) is 11.1 Å². The fourth-order valence-corrected chi connectivity index (χ4v) is 4.95. The van der Waals surface area contributed by atoms with E-state index in [0.29, 0.717) is 11.1 Å². The van der Waals surface area contributed by atoms with E-state index in [1.165, 1.54) is 22.5 Å². The Hall–Kier alpha value is -3.39. The molecule has 0 bridgehead atoms. The molecule has 31 heavy (non-hydrogen) atoms. The number of carbonyl (C=O) groups is 1. The Morgan fingerprint density at radius 2 is 1.61 bits per heavy atom. The van der Waals surface area contributed by atoms with Crippen molar-refractivity contribution in [1.82, 2.24) is 14.9 Å². The molecule has 8 heteroatoms. The summed E-state index contributed by atoms with van der Waals surface area (Å²) in [4.78, 5) is 26.8. The van der Waals surface area contributed by atoms with Crippen molar-refractivity contribution in [1.29, 1.82) is 0 Å². The van der Waals surface area contributed by atoms with E-state index in [1.54, 1.807) is 7.05 Å². The summed E-state index contributed by atoms with van der Waals surface area (Å²) in [5.74, 6) is -0.0620. The van der Waals surface area contributed by atoms with Gasteiger partial charge in [-0.15, -0.1) is 0 Å². The van der Waals surface area contributed by atoms with Gasteiger partial charge in [0.15, 0.2) is 11.5 Å². The molecule has 3 aromatic rings. The number of aliphatic imine (C=N–C) groups is 1. The summed E-state index contributed by atoms with van der Waals surface area (Å²) >= 11 is 0. The van der Waals surface area contributed by atoms with E-state index in [0.717, 1.165) is 11.1 Å². The van der Waals surface area contributed by atoms with Crippen LogP contribution in [0.2, 0.25) is 19.6 Å². The van der Waals surface area contributed by atoms with Gasteiger partial charge in [-0.2, -0.15) is 4.39 Å². The van der Waals surface area contributed by atoms with Crippen LogP contribution in [0, 0.1) is 6.08 Å². The van der Waals surface area contributed by atoms with Gasteiger partial charge in [-0.1, -0.05) is 67.3 Å². The van der Waals surface area contributed by atoms with Crippen LogP contribution in [0.4, 0.5) is 4.39 Å². The topological polar surface area (TPSA) is 84.5 Å². The van der Waals surface area contributed by atoms with Crippen molar-refractivity contribution in [2.75, 3.05) is 7.05 Å². The molecule has 0 spiro atoms. The third-order valence-corrected chi connectivity index (χ3v) is 7.71. The molecule has 6 nitrogen and oxygen atoms in total. The molecule has 2 heterocycles. The monoisotopic (exact) mass is 433 g/mol. The molecule has 0 aliphatic carbocycles. The molecule has 1 aliphatic rings. The van der Waals surface area contributed by atoms with Crippen molar-refractivity contribution in [3.05, 3.63) is 78.1 Å². The van der Waals surface area contributed by atoms with Crippen LogP contribution in [0.15, 0.2) is 65.9 Å². The number of amides is 1. The highest BCUT2D eigenvalue weighted by atomic mass is 28.3. The van der Waals surface area contributed by atoms with Crippen LogP contribution in [0.5, 0.6) is 0 Å². The maximum Gasteiger partial charge on any atom is 0.308 e. The van der Waals surface area contributed by atoms with Gasteiger partial charge in [-0.25, -0.2) is 15.0 Å². The Kier molecular flexibility index (Phi) is 4.97. The van der Waals surface area contributed by atoms with E-state index >= 15 is 0 Å². The van der Waals surface area contributed by atoms with Crippen molar-refractivity contribution >= 4 is 25.1 Å². The number of guanidine groups is 1. The predicted molar refractivity (Wildman–Crippen MR) is 122 cm³/mol. The first-order chi connectivity index (χ1) is 14.6. The minimum Gasteiger partial charge on any atom is -0.369 e. The zero-order valence-corrected chi connectivity index (χ0v) is 18.9. The van der Waals surface area contributed by atoms with Crippen LogP contribution in [0.25, 0.3) is 11.1 Å². The highest BCUT2D eigenvalue weighted by molar-refractivity contribution is 6.88. The fraction of sp³-hybridized carbons (Fsp3) is 0.217. The maximum absolute atomic E-state index is 13.5. The van der Waals surface area contributed by atoms with Gasteiger partial charge < -0.3 is 5.73 Å². The summed E-state index contributed by atoms with van der Waals surface area (Å²) in [5, 5.41) is 1.29. The minimum atomic E-state index is -1.50. The number of hydrogen-bond acceptors (Lipinski definition) is 5. The summed E-state index contributed by atoms with van der Waals surface area (Å²) in [7, 11) is 0.121. The number of halogens is 1. The van der Waals surface area contributed by atoms with Gasteiger partial charge in [0.2, 0.25) is 0 Å². The number of nitrogens with zero attached hydrogens (tertiary/aromatic N) is 4. The number of rotatable bonds is 4. The maximum atomic E-state index is 13.5. The van der Waals surface area contributed by atoms with Gasteiger partial charge >= 0.3 is 6.08 Å². The minimum absolute atomic E-state index is 0.162. The van der Waals surface area contributed by atoms with Crippen LogP contribution in [0.3, 0.4) is 0 Å². The second-order valence-corrected chi connectivity index (χ2v) is 13.8. The molecule has 1 unspecified atom stereocenters. The van der Waals surface area contributed by atoms with E-state index in [1.807, 2.05) is 36.4 Å². The lowest BCUT2D eigenvalue weighted by atomic mass is 9.82. The van der Waals surface area contributed by atoms with Crippen molar-refractivity contribution < 1.29 is 9.18 Å². The molecule has 1 aromatic heterocycles. The molecule has 158 valence electrons. The average Bonchev–Trinajstić information content (AvgIpc) is 2.99. The SMILES string of the molecule is CN1C(=O)C(c2ccc([Si](C)(C)C)cc2)(c2cccc(-c3cnc(F)nc3)c2)N=C1N. The van der Waals surface area contributed by atoms with E-state index in [9.17, 15) is 9.18 Å². The molecule has 1 amide bonds. The van der Waals surface area contributed by atoms with Gasteiger partial charge in [0.1, 0.15) is 0 Å². The molecule has 1 aliphatic heterocycles. The number of hydrogen-bond donors (Lipinski definition) is 1. The lowest BCUT2D eigenvalue weighted by molar-refractivity contribution is -0.129. The van der Waals surface area contributed by atoms with Crippen molar-refractivity contribution in [2.45, 2.75) is 25.2 Å². The third-order valence-electron chi connectivity index (χ3n) is 5.64. The molecule has 0 fully saturated rings. The quantitative estimate of drug-likeness (QED) is 0.507. The highest BCUT2D eigenvalue weighted by Gasteiger charge is 2.49. The summed E-state index contributed by atoms with van der Waals surface area (Å²) in [6, 6.07) is 15.5. The molecule has 1 atom stereocenters. The second kappa shape index (κ2) is 7.38. The lowest BCUT2D eigenvalue weighted by Gasteiger charge is -2.27. The molecular formula is C23H24FN5OSi. The van der Waals surface area contributed by atoms with Crippen LogP contribution in [-0.2, 0) is 10.3 Å². The Balaban J connectivity index is 1.89. The zero-order valence-electron chi connectivity index (χ0n) is 17.9. The first kappa shape index (κ1) is 20.9. The normalized spacial score (nSPS) is 18.9. The Labute approximate surface area is 181 Å². The molecule has 0 saturated heterocycles. The first-order valence-corrected chi connectivity index (χ1v) is 13.5. The third kappa shape index (κ3) is 3.52. The molecule has 0 radical (unpaired) electrons. The Bertz CT molecular complexity index is 1170. The number of aromatic nitrogens is 2. The predicted octanol–water partition coefficient (Wildman–Crippen LogP) is 2.86. The van der Waals surface area contributed by atoms with E-state index < -0.39 is 19.7 Å². The van der Waals surface area contributed by atoms with Gasteiger partial charge in [-0.3, -0.25) is 9.69 Å². The van der Waals surface area contributed by atoms with Crippen LogP contribution < -0.4 is 10.9 Å². The van der Waals surface area contributed by atoms with Gasteiger partial charge in [-0.05, 0) is 22.8 Å². The smallest absolute Gasteiger partial charge is 0.308 e. The number of carbonyl (C=O) groups excluding carboxylic acids is 1. The summed E-state index contributed by atoms with van der Waals surface area (Å²) in [5.41, 5.74) is 7.62. The van der Waals surface area contributed by atoms with Crippen molar-refractivity contribution in [3.63, 3.8) is 0 Å². The second-order valence-electron chi connectivity index (χ2n) is 8.69. The van der Waals surface area contributed by atoms with Crippen LogP contribution in [-0.4, -0.2) is 41.9 Å².